The number of thioether (sulfide) groups is 2. The van der Waals surface area contributed by atoms with Crippen LogP contribution in [-0.2, 0) is 4.74 Å². The van der Waals surface area contributed by atoms with Crippen LogP contribution in [0.2, 0.25) is 10.0 Å². The molecule has 0 saturated carbocycles. The van der Waals surface area contributed by atoms with E-state index in [1.165, 1.54) is 34.9 Å². The lowest BCUT2D eigenvalue weighted by molar-refractivity contribution is 0.0697. The molecule has 1 aromatic carbocycles. The zero-order valence-corrected chi connectivity index (χ0v) is 15.7. The van der Waals surface area contributed by atoms with Gasteiger partial charge in [0.15, 0.2) is 5.76 Å². The molecule has 22 heavy (non-hydrogen) atoms. The number of halogens is 2. The minimum atomic E-state index is -0.401. The number of benzene rings is 1. The second-order valence-electron chi connectivity index (χ2n) is 4.02. The largest absolute Gasteiger partial charge is 0.420 e. The van der Waals surface area contributed by atoms with Gasteiger partial charge in [0, 0.05) is 10.6 Å². The van der Waals surface area contributed by atoms with Gasteiger partial charge in [-0.05, 0) is 42.2 Å². The van der Waals surface area contributed by atoms with Crippen LogP contribution in [0.15, 0.2) is 39.9 Å². The molecule has 0 unspecified atom stereocenters. The number of ether oxygens (including phenoxy) is 1. The van der Waals surface area contributed by atoms with E-state index in [2.05, 4.69) is 0 Å². The Balaban J connectivity index is 2.46. The molecule has 2 rings (SSSR count). The van der Waals surface area contributed by atoms with Gasteiger partial charge in [0.25, 0.3) is 0 Å². The van der Waals surface area contributed by atoms with Crippen molar-refractivity contribution in [3.05, 3.63) is 60.4 Å². The number of carbonyl (C=O) groups excluding carboxylic acids is 1. The van der Waals surface area contributed by atoms with Gasteiger partial charge in [0.2, 0.25) is 0 Å². The molecule has 0 atom stereocenters. The molecule has 0 N–H and O–H groups in total. The van der Waals surface area contributed by atoms with Crippen LogP contribution in [0.5, 0.6) is 0 Å². The molecule has 0 fully saturated rings. The molecule has 0 aliphatic carbocycles. The summed E-state index contributed by atoms with van der Waals surface area (Å²) in [6.07, 6.45) is 3.84. The number of esters is 1. The van der Waals surface area contributed by atoms with Crippen molar-refractivity contribution in [1.29, 1.82) is 0 Å². The van der Waals surface area contributed by atoms with E-state index in [1.54, 1.807) is 30.3 Å². The van der Waals surface area contributed by atoms with Crippen LogP contribution < -0.4 is 0 Å². The molecule has 2 nitrogen and oxygen atoms in total. The van der Waals surface area contributed by atoms with E-state index in [0.717, 1.165) is 4.24 Å². The Bertz CT molecular complexity index is 691. The maximum Gasteiger partial charge on any atom is 0.353 e. The molecule has 116 valence electrons. The highest BCUT2D eigenvalue weighted by Gasteiger charge is 2.19. The van der Waals surface area contributed by atoms with Gasteiger partial charge in [0.1, 0.15) is 4.88 Å². The predicted molar refractivity (Wildman–Crippen MR) is 100 cm³/mol. The van der Waals surface area contributed by atoms with Crippen LogP contribution in [0.1, 0.15) is 15.2 Å². The van der Waals surface area contributed by atoms with Crippen molar-refractivity contribution in [1.82, 2.24) is 0 Å². The summed E-state index contributed by atoms with van der Waals surface area (Å²) in [6.45, 7) is 0. The fraction of sp³-hybridized carbons (Fsp3) is 0.133. The summed E-state index contributed by atoms with van der Waals surface area (Å²) < 4.78 is 6.48. The summed E-state index contributed by atoms with van der Waals surface area (Å²) in [5.41, 5.74) is 0.609. The summed E-state index contributed by atoms with van der Waals surface area (Å²) in [4.78, 5) is 12.8. The fourth-order valence-electron chi connectivity index (χ4n) is 1.68. The summed E-state index contributed by atoms with van der Waals surface area (Å²) in [6, 6.07) is 8.62. The topological polar surface area (TPSA) is 26.3 Å². The molecule has 0 bridgehead atoms. The van der Waals surface area contributed by atoms with Crippen LogP contribution in [0, 0.1) is 0 Å². The first-order valence-corrected chi connectivity index (χ1v) is 10.2. The third-order valence-electron chi connectivity index (χ3n) is 2.65. The van der Waals surface area contributed by atoms with Crippen LogP contribution in [-0.4, -0.2) is 18.5 Å². The number of rotatable bonds is 5. The van der Waals surface area contributed by atoms with Gasteiger partial charge >= 0.3 is 5.97 Å². The summed E-state index contributed by atoms with van der Waals surface area (Å²) in [7, 11) is 0. The van der Waals surface area contributed by atoms with Gasteiger partial charge in [-0.15, -0.1) is 34.9 Å². The van der Waals surface area contributed by atoms with Gasteiger partial charge in [0.05, 0.1) is 9.26 Å². The highest BCUT2D eigenvalue weighted by molar-refractivity contribution is 8.21. The normalized spacial score (nSPS) is 10.4. The molecule has 0 spiro atoms. The lowest BCUT2D eigenvalue weighted by atomic mass is 10.2. The third-order valence-corrected chi connectivity index (χ3v) is 6.17. The van der Waals surface area contributed by atoms with E-state index in [-0.39, 0.29) is 0 Å². The Kier molecular flexibility index (Phi) is 6.71. The fourth-order valence-corrected chi connectivity index (χ4v) is 4.00. The lowest BCUT2D eigenvalue weighted by Crippen LogP contribution is -2.04. The Morgan fingerprint density at radius 1 is 1.18 bits per heavy atom. The number of carbonyl (C=O) groups is 1. The van der Waals surface area contributed by atoms with E-state index < -0.39 is 5.97 Å². The van der Waals surface area contributed by atoms with E-state index >= 15 is 0 Å². The molecular formula is C15H12Cl2O2S3. The molecule has 0 amide bonds. The zero-order chi connectivity index (χ0) is 16.1. The van der Waals surface area contributed by atoms with Crippen molar-refractivity contribution in [3.8, 4) is 0 Å². The molecular weight excluding hydrogens is 379 g/mol. The summed E-state index contributed by atoms with van der Waals surface area (Å²) in [5.74, 6) is 0.0348. The van der Waals surface area contributed by atoms with Gasteiger partial charge in [-0.2, -0.15) is 0 Å². The van der Waals surface area contributed by atoms with Crippen molar-refractivity contribution < 1.29 is 9.53 Å². The van der Waals surface area contributed by atoms with E-state index in [0.29, 0.717) is 26.2 Å². The first-order chi connectivity index (χ1) is 10.6. The van der Waals surface area contributed by atoms with E-state index in [9.17, 15) is 4.79 Å². The Morgan fingerprint density at radius 3 is 2.50 bits per heavy atom. The molecule has 0 radical (unpaired) electrons. The second-order valence-corrected chi connectivity index (χ2v) is 7.70. The summed E-state index contributed by atoms with van der Waals surface area (Å²) in [5, 5.41) is 2.85. The van der Waals surface area contributed by atoms with Crippen LogP contribution in [0.3, 0.4) is 0 Å². The van der Waals surface area contributed by atoms with Crippen molar-refractivity contribution in [2.45, 2.75) is 0 Å². The number of hydrogen-bond acceptors (Lipinski definition) is 5. The Morgan fingerprint density at radius 2 is 1.91 bits per heavy atom. The minimum absolute atomic E-state index is 0.401. The zero-order valence-electron chi connectivity index (χ0n) is 11.8. The monoisotopic (exact) mass is 390 g/mol. The van der Waals surface area contributed by atoms with E-state index in [4.69, 9.17) is 27.9 Å². The molecule has 0 aliphatic rings. The molecule has 1 heterocycles. The molecule has 2 aromatic rings. The average molecular weight is 391 g/mol. The van der Waals surface area contributed by atoms with Crippen molar-refractivity contribution in [2.24, 2.45) is 0 Å². The highest BCUT2D eigenvalue weighted by atomic mass is 35.5. The predicted octanol–water partition coefficient (Wildman–Crippen LogP) is 6.26. The highest BCUT2D eigenvalue weighted by Crippen LogP contribution is 2.38. The smallest absolute Gasteiger partial charge is 0.353 e. The molecule has 0 aliphatic heterocycles. The SMILES string of the molecule is CSC(SC)=C(OC(=O)c1cccs1)c1cc(Cl)ccc1Cl. The van der Waals surface area contributed by atoms with Gasteiger partial charge < -0.3 is 4.74 Å². The lowest BCUT2D eigenvalue weighted by Gasteiger charge is -2.14. The third kappa shape index (κ3) is 4.24. The maximum absolute atomic E-state index is 12.3. The molecule has 0 saturated heterocycles. The Labute approximate surface area is 151 Å². The Hall–Kier alpha value is -0.590. The van der Waals surface area contributed by atoms with Gasteiger partial charge in [-0.25, -0.2) is 4.79 Å². The standard InChI is InChI=1S/C15H12Cl2O2S3/c1-20-15(21-2)13(10-8-9(16)5-6-11(10)17)19-14(18)12-4-3-7-22-12/h3-8H,1-2H3. The van der Waals surface area contributed by atoms with Crippen molar-refractivity contribution in [2.75, 3.05) is 12.5 Å². The molecule has 1 aromatic heterocycles. The number of hydrogen-bond donors (Lipinski definition) is 0. The van der Waals surface area contributed by atoms with Crippen molar-refractivity contribution >= 4 is 69.8 Å². The second kappa shape index (κ2) is 8.31. The quantitative estimate of drug-likeness (QED) is 0.444. The minimum Gasteiger partial charge on any atom is -0.420 e. The first-order valence-electron chi connectivity index (χ1n) is 6.10. The van der Waals surface area contributed by atoms with Crippen LogP contribution >= 0.6 is 58.1 Å². The van der Waals surface area contributed by atoms with E-state index in [1.807, 2.05) is 17.9 Å². The first kappa shape index (κ1) is 17.8. The number of thiophene rings is 1. The van der Waals surface area contributed by atoms with Crippen LogP contribution in [0.4, 0.5) is 0 Å². The molecule has 7 heteroatoms. The summed E-state index contributed by atoms with van der Waals surface area (Å²) >= 11 is 16.6. The van der Waals surface area contributed by atoms with Crippen LogP contribution in [0.25, 0.3) is 5.76 Å². The van der Waals surface area contributed by atoms with Crippen molar-refractivity contribution in [3.63, 3.8) is 0 Å². The average Bonchev–Trinajstić information content (AvgIpc) is 3.04. The van der Waals surface area contributed by atoms with Gasteiger partial charge in [-0.3, -0.25) is 0 Å². The van der Waals surface area contributed by atoms with Gasteiger partial charge in [-0.1, -0.05) is 29.3 Å². The maximum atomic E-state index is 12.3.